The second kappa shape index (κ2) is 3.77. The topological polar surface area (TPSA) is 44.5 Å². The van der Waals surface area contributed by atoms with Gasteiger partial charge in [-0.25, -0.2) is 0 Å². The van der Waals surface area contributed by atoms with Crippen molar-refractivity contribution in [2.45, 2.75) is 19.8 Å². The summed E-state index contributed by atoms with van der Waals surface area (Å²) < 4.78 is 0. The predicted molar refractivity (Wildman–Crippen MR) is 70.0 cm³/mol. The monoisotopic (exact) mass is 225 g/mol. The van der Waals surface area contributed by atoms with E-state index in [1.807, 2.05) is 12.3 Å². The summed E-state index contributed by atoms with van der Waals surface area (Å²) >= 11 is 0. The fourth-order valence-electron chi connectivity index (χ4n) is 2.05. The van der Waals surface area contributed by atoms with Crippen LogP contribution in [-0.2, 0) is 0 Å². The lowest BCUT2D eigenvalue weighted by Crippen LogP contribution is -1.85. The Morgan fingerprint density at radius 1 is 1.18 bits per heavy atom. The van der Waals surface area contributed by atoms with Crippen LogP contribution in [-0.4, -0.2) is 15.2 Å². The quantitative estimate of drug-likeness (QED) is 0.686. The fraction of sp³-hybridized carbons (Fsp3) is 0.214. The van der Waals surface area contributed by atoms with E-state index in [4.69, 9.17) is 0 Å². The summed E-state index contributed by atoms with van der Waals surface area (Å²) in [5.74, 6) is 0.474. The molecule has 1 aromatic carbocycles. The molecule has 2 aromatic heterocycles. The number of aromatic nitrogens is 3. The van der Waals surface area contributed by atoms with Crippen molar-refractivity contribution >= 4 is 10.9 Å². The molecule has 0 radical (unpaired) electrons. The maximum atomic E-state index is 4.39. The van der Waals surface area contributed by atoms with Crippen LogP contribution in [0.2, 0.25) is 0 Å². The van der Waals surface area contributed by atoms with Gasteiger partial charge >= 0.3 is 0 Å². The highest BCUT2D eigenvalue weighted by Crippen LogP contribution is 2.28. The van der Waals surface area contributed by atoms with E-state index in [-0.39, 0.29) is 0 Å². The zero-order valence-corrected chi connectivity index (χ0v) is 9.99. The molecular formula is C14H15N3. The van der Waals surface area contributed by atoms with Gasteiger partial charge in [-0.1, -0.05) is 32.0 Å². The summed E-state index contributed by atoms with van der Waals surface area (Å²) in [7, 11) is 0. The van der Waals surface area contributed by atoms with Crippen molar-refractivity contribution in [1.82, 2.24) is 15.2 Å². The summed E-state index contributed by atoms with van der Waals surface area (Å²) in [5.41, 5.74) is 4.48. The Morgan fingerprint density at radius 3 is 2.76 bits per heavy atom. The molecule has 2 heterocycles. The van der Waals surface area contributed by atoms with Crippen molar-refractivity contribution in [3.8, 4) is 11.3 Å². The summed E-state index contributed by atoms with van der Waals surface area (Å²) in [6, 6.07) is 10.4. The van der Waals surface area contributed by atoms with Gasteiger partial charge in [0.2, 0.25) is 0 Å². The molecule has 3 nitrogen and oxygen atoms in total. The van der Waals surface area contributed by atoms with Crippen molar-refractivity contribution in [1.29, 1.82) is 0 Å². The van der Waals surface area contributed by atoms with Crippen LogP contribution < -0.4 is 0 Å². The van der Waals surface area contributed by atoms with Crippen LogP contribution >= 0.6 is 0 Å². The van der Waals surface area contributed by atoms with E-state index in [1.54, 1.807) is 0 Å². The van der Waals surface area contributed by atoms with Gasteiger partial charge in [0.25, 0.3) is 0 Å². The third kappa shape index (κ3) is 1.64. The maximum absolute atomic E-state index is 4.39. The number of rotatable bonds is 2. The zero-order valence-electron chi connectivity index (χ0n) is 9.99. The highest BCUT2D eigenvalue weighted by molar-refractivity contribution is 5.94. The SMILES string of the molecule is CC(C)c1cc(-c2c[nH]c3ccccc23)n[nH]1. The molecule has 0 unspecified atom stereocenters. The Hall–Kier alpha value is -2.03. The minimum absolute atomic E-state index is 0.474. The summed E-state index contributed by atoms with van der Waals surface area (Å²) in [6.07, 6.45) is 2.02. The van der Waals surface area contributed by atoms with Crippen molar-refractivity contribution in [3.63, 3.8) is 0 Å². The Balaban J connectivity index is 2.14. The van der Waals surface area contributed by atoms with E-state index >= 15 is 0 Å². The molecule has 0 fully saturated rings. The van der Waals surface area contributed by atoms with Crippen LogP contribution in [0.25, 0.3) is 22.2 Å². The summed E-state index contributed by atoms with van der Waals surface area (Å²) in [4.78, 5) is 3.27. The molecule has 0 aliphatic carbocycles. The summed E-state index contributed by atoms with van der Waals surface area (Å²) in [5, 5.41) is 8.70. The van der Waals surface area contributed by atoms with Crippen LogP contribution in [0.5, 0.6) is 0 Å². The van der Waals surface area contributed by atoms with Crippen LogP contribution in [0, 0.1) is 0 Å². The molecule has 0 saturated heterocycles. The lowest BCUT2D eigenvalue weighted by molar-refractivity contribution is 0.811. The average molecular weight is 225 g/mol. The molecular weight excluding hydrogens is 210 g/mol. The van der Waals surface area contributed by atoms with Gasteiger partial charge in [0.15, 0.2) is 0 Å². The Labute approximate surface area is 99.9 Å². The van der Waals surface area contributed by atoms with E-state index in [0.717, 1.165) is 16.8 Å². The van der Waals surface area contributed by atoms with Crippen molar-refractivity contribution < 1.29 is 0 Å². The van der Waals surface area contributed by atoms with Gasteiger partial charge in [0.05, 0.1) is 5.69 Å². The van der Waals surface area contributed by atoms with Gasteiger partial charge in [0.1, 0.15) is 0 Å². The zero-order chi connectivity index (χ0) is 11.8. The molecule has 17 heavy (non-hydrogen) atoms. The maximum Gasteiger partial charge on any atom is 0.0945 e. The molecule has 3 rings (SSSR count). The minimum atomic E-state index is 0.474. The molecule has 0 amide bonds. The van der Waals surface area contributed by atoms with Gasteiger partial charge in [0, 0.05) is 28.4 Å². The number of nitrogens with one attached hydrogen (secondary N) is 2. The van der Waals surface area contributed by atoms with E-state index in [0.29, 0.717) is 5.92 Å². The van der Waals surface area contributed by atoms with E-state index in [1.165, 1.54) is 11.1 Å². The first-order chi connectivity index (χ1) is 8.25. The third-order valence-electron chi connectivity index (χ3n) is 3.08. The van der Waals surface area contributed by atoms with Gasteiger partial charge < -0.3 is 4.98 Å². The van der Waals surface area contributed by atoms with Gasteiger partial charge in [-0.15, -0.1) is 0 Å². The molecule has 0 bridgehead atoms. The number of nitrogens with zero attached hydrogens (tertiary/aromatic N) is 1. The first-order valence-corrected chi connectivity index (χ1v) is 5.87. The molecule has 3 heteroatoms. The number of aromatic amines is 2. The number of benzene rings is 1. The van der Waals surface area contributed by atoms with Crippen molar-refractivity contribution in [3.05, 3.63) is 42.2 Å². The van der Waals surface area contributed by atoms with Crippen LogP contribution in [0.1, 0.15) is 25.5 Å². The van der Waals surface area contributed by atoms with E-state index in [9.17, 15) is 0 Å². The fourth-order valence-corrected chi connectivity index (χ4v) is 2.05. The molecule has 0 spiro atoms. The highest BCUT2D eigenvalue weighted by Gasteiger charge is 2.10. The highest BCUT2D eigenvalue weighted by atomic mass is 15.1. The Bertz CT molecular complexity index is 646. The predicted octanol–water partition coefficient (Wildman–Crippen LogP) is 3.68. The number of para-hydroxylation sites is 1. The molecule has 0 saturated carbocycles. The number of hydrogen-bond acceptors (Lipinski definition) is 1. The molecule has 2 N–H and O–H groups in total. The molecule has 0 aliphatic heterocycles. The number of fused-ring (bicyclic) bond motifs is 1. The Morgan fingerprint density at radius 2 is 2.00 bits per heavy atom. The van der Waals surface area contributed by atoms with Crippen LogP contribution in [0.4, 0.5) is 0 Å². The lowest BCUT2D eigenvalue weighted by Gasteiger charge is -1.96. The normalized spacial score (nSPS) is 11.5. The van der Waals surface area contributed by atoms with Crippen LogP contribution in [0.15, 0.2) is 36.5 Å². The second-order valence-corrected chi connectivity index (χ2v) is 4.61. The van der Waals surface area contributed by atoms with Crippen LogP contribution in [0.3, 0.4) is 0 Å². The second-order valence-electron chi connectivity index (χ2n) is 4.61. The van der Waals surface area contributed by atoms with Gasteiger partial charge in [-0.05, 0) is 18.1 Å². The smallest absolute Gasteiger partial charge is 0.0945 e. The molecule has 3 aromatic rings. The molecule has 86 valence electrons. The van der Waals surface area contributed by atoms with Crippen molar-refractivity contribution in [2.24, 2.45) is 0 Å². The van der Waals surface area contributed by atoms with Crippen molar-refractivity contribution in [2.75, 3.05) is 0 Å². The lowest BCUT2D eigenvalue weighted by atomic mass is 10.1. The number of H-pyrrole nitrogens is 2. The first kappa shape index (κ1) is 10.1. The Kier molecular flexibility index (Phi) is 2.25. The molecule has 0 atom stereocenters. The van der Waals surface area contributed by atoms with E-state index in [2.05, 4.69) is 53.3 Å². The first-order valence-electron chi connectivity index (χ1n) is 5.87. The molecule has 0 aliphatic rings. The minimum Gasteiger partial charge on any atom is -0.360 e. The van der Waals surface area contributed by atoms with Gasteiger partial charge in [-0.3, -0.25) is 5.10 Å². The largest absolute Gasteiger partial charge is 0.360 e. The number of hydrogen-bond donors (Lipinski definition) is 2. The van der Waals surface area contributed by atoms with Gasteiger partial charge in [-0.2, -0.15) is 5.10 Å². The standard InChI is InChI=1S/C14H15N3/c1-9(2)13-7-14(17-16-13)11-8-15-12-6-4-3-5-10(11)12/h3-9,15H,1-2H3,(H,16,17). The third-order valence-corrected chi connectivity index (χ3v) is 3.08. The summed E-state index contributed by atoms with van der Waals surface area (Å²) in [6.45, 7) is 4.32. The van der Waals surface area contributed by atoms with E-state index < -0.39 is 0 Å². The average Bonchev–Trinajstić information content (AvgIpc) is 2.95.